The Morgan fingerprint density at radius 1 is 1.25 bits per heavy atom. The number of rotatable bonds is 4. The van der Waals surface area contributed by atoms with E-state index in [1.54, 1.807) is 12.1 Å². The van der Waals surface area contributed by atoms with Crippen LogP contribution in [0.4, 0.5) is 0 Å². The third-order valence-corrected chi connectivity index (χ3v) is 2.96. The van der Waals surface area contributed by atoms with E-state index in [-0.39, 0.29) is 18.5 Å². The molecule has 20 heavy (non-hydrogen) atoms. The summed E-state index contributed by atoms with van der Waals surface area (Å²) in [4.78, 5) is 16.9. The molecule has 3 rings (SSSR count). The second-order valence-electron chi connectivity index (χ2n) is 4.41. The highest BCUT2D eigenvalue weighted by Crippen LogP contribution is 2.17. The molecule has 1 aromatic carbocycles. The van der Waals surface area contributed by atoms with Crippen molar-refractivity contribution in [1.82, 2.24) is 0 Å². The molecule has 0 saturated heterocycles. The molecular weight excluding hydrogens is 258 g/mol. The minimum absolute atomic E-state index is 0.152. The first-order valence-corrected chi connectivity index (χ1v) is 6.31. The van der Waals surface area contributed by atoms with Gasteiger partial charge in [0.25, 0.3) is 0 Å². The lowest BCUT2D eigenvalue weighted by molar-refractivity contribution is 0.00474. The van der Waals surface area contributed by atoms with Gasteiger partial charge in [0.1, 0.15) is 6.61 Å². The van der Waals surface area contributed by atoms with Gasteiger partial charge in [-0.25, -0.2) is 4.79 Å². The van der Waals surface area contributed by atoms with E-state index in [0.29, 0.717) is 6.42 Å². The summed E-state index contributed by atoms with van der Waals surface area (Å²) in [5.41, 5.74) is 1.89. The minimum Gasteiger partial charge on any atom is -0.457 e. The first-order chi connectivity index (χ1) is 9.83. The number of esters is 1. The number of ether oxygens (including phenoxy) is 1. The first-order valence-electron chi connectivity index (χ1n) is 6.31. The molecule has 5 heteroatoms. The fourth-order valence-electron chi connectivity index (χ4n) is 1.95. The summed E-state index contributed by atoms with van der Waals surface area (Å²) in [7, 11) is 0. The van der Waals surface area contributed by atoms with Crippen LogP contribution in [0.25, 0.3) is 0 Å². The summed E-state index contributed by atoms with van der Waals surface area (Å²) in [6.07, 6.45) is 1.80. The summed E-state index contributed by atoms with van der Waals surface area (Å²) in [6.45, 7) is 0.152. The molecule has 0 unspecified atom stereocenters. The van der Waals surface area contributed by atoms with Crippen LogP contribution in [0.2, 0.25) is 0 Å². The summed E-state index contributed by atoms with van der Waals surface area (Å²) >= 11 is 0. The molecule has 0 spiro atoms. The van der Waals surface area contributed by atoms with Crippen molar-refractivity contribution in [2.45, 2.75) is 12.5 Å². The Balaban J connectivity index is 1.51. The van der Waals surface area contributed by atoms with E-state index in [0.717, 1.165) is 11.3 Å². The fourth-order valence-corrected chi connectivity index (χ4v) is 1.95. The molecule has 2 heterocycles. The lowest BCUT2D eigenvalue weighted by atomic mass is 10.1. The van der Waals surface area contributed by atoms with Gasteiger partial charge in [-0.15, -0.1) is 0 Å². The number of oxime groups is 1. The number of nitrogens with zero attached hydrogens (tertiary/aromatic N) is 1. The molecule has 0 bridgehead atoms. The van der Waals surface area contributed by atoms with Crippen molar-refractivity contribution < 1.29 is 18.8 Å². The van der Waals surface area contributed by atoms with Crippen molar-refractivity contribution in [3.63, 3.8) is 0 Å². The maximum Gasteiger partial charge on any atom is 0.374 e. The predicted molar refractivity (Wildman–Crippen MR) is 71.5 cm³/mol. The predicted octanol–water partition coefficient (Wildman–Crippen LogP) is 2.63. The van der Waals surface area contributed by atoms with Crippen LogP contribution in [0, 0.1) is 0 Å². The van der Waals surface area contributed by atoms with Crippen LogP contribution < -0.4 is 0 Å². The molecule has 0 amide bonds. The first kappa shape index (κ1) is 12.5. The molecule has 1 aromatic heterocycles. The van der Waals surface area contributed by atoms with E-state index in [9.17, 15) is 4.79 Å². The Kier molecular flexibility index (Phi) is 3.50. The Hall–Kier alpha value is -2.56. The summed E-state index contributed by atoms with van der Waals surface area (Å²) < 4.78 is 10.1. The highest BCUT2D eigenvalue weighted by molar-refractivity contribution is 6.01. The number of benzene rings is 1. The van der Waals surface area contributed by atoms with Gasteiger partial charge in [0, 0.05) is 6.42 Å². The van der Waals surface area contributed by atoms with Gasteiger partial charge >= 0.3 is 5.97 Å². The molecule has 102 valence electrons. The van der Waals surface area contributed by atoms with E-state index < -0.39 is 5.97 Å². The average molecular weight is 271 g/mol. The molecule has 0 saturated carbocycles. The van der Waals surface area contributed by atoms with Crippen molar-refractivity contribution >= 4 is 11.7 Å². The summed E-state index contributed by atoms with van der Waals surface area (Å²) in [5.74, 6) is -0.307. The lowest BCUT2D eigenvalue weighted by Crippen LogP contribution is -2.19. The molecule has 1 aliphatic rings. The van der Waals surface area contributed by atoms with Crippen LogP contribution in [0.5, 0.6) is 0 Å². The van der Waals surface area contributed by atoms with Gasteiger partial charge in [0.2, 0.25) is 5.76 Å². The fraction of sp³-hybridized carbons (Fsp3) is 0.200. The Labute approximate surface area is 115 Å². The molecule has 5 nitrogen and oxygen atoms in total. The van der Waals surface area contributed by atoms with Gasteiger partial charge in [-0.3, -0.25) is 0 Å². The normalized spacial score (nSPS) is 17.4. The maximum atomic E-state index is 11.6. The highest BCUT2D eigenvalue weighted by atomic mass is 16.7. The van der Waals surface area contributed by atoms with E-state index in [1.807, 2.05) is 30.3 Å². The van der Waals surface area contributed by atoms with E-state index in [1.165, 1.54) is 6.26 Å². The van der Waals surface area contributed by atoms with Gasteiger partial charge < -0.3 is 14.0 Å². The average Bonchev–Trinajstić information content (AvgIpc) is 3.17. The maximum absolute atomic E-state index is 11.6. The third kappa shape index (κ3) is 2.71. The van der Waals surface area contributed by atoms with Crippen molar-refractivity contribution in [3.05, 3.63) is 60.1 Å². The molecule has 0 N–H and O–H groups in total. The van der Waals surface area contributed by atoms with Crippen LogP contribution in [0.15, 0.2) is 58.3 Å². The zero-order chi connectivity index (χ0) is 13.8. The van der Waals surface area contributed by atoms with Crippen molar-refractivity contribution in [3.8, 4) is 0 Å². The molecule has 1 aliphatic heterocycles. The van der Waals surface area contributed by atoms with Gasteiger partial charge in [-0.05, 0) is 17.7 Å². The SMILES string of the molecule is O=C(OC[C@@H]1CC(c2ccccc2)=NO1)c1ccco1. The van der Waals surface area contributed by atoms with Gasteiger partial charge in [0.05, 0.1) is 12.0 Å². The summed E-state index contributed by atoms with van der Waals surface area (Å²) in [6, 6.07) is 13.0. The number of carbonyl (C=O) groups excluding carboxylic acids is 1. The third-order valence-electron chi connectivity index (χ3n) is 2.96. The summed E-state index contributed by atoms with van der Waals surface area (Å²) in [5, 5.41) is 4.03. The van der Waals surface area contributed by atoms with Crippen LogP contribution in [-0.2, 0) is 9.57 Å². The number of furan rings is 1. The number of hydrogen-bond donors (Lipinski definition) is 0. The van der Waals surface area contributed by atoms with E-state index >= 15 is 0 Å². The Morgan fingerprint density at radius 3 is 2.85 bits per heavy atom. The number of hydrogen-bond acceptors (Lipinski definition) is 5. The van der Waals surface area contributed by atoms with E-state index in [2.05, 4.69) is 5.16 Å². The molecular formula is C15H13NO4. The largest absolute Gasteiger partial charge is 0.457 e. The molecule has 1 atom stereocenters. The Morgan fingerprint density at radius 2 is 2.10 bits per heavy atom. The molecule has 0 aliphatic carbocycles. The van der Waals surface area contributed by atoms with Gasteiger partial charge in [-0.2, -0.15) is 0 Å². The van der Waals surface area contributed by atoms with Crippen molar-refractivity contribution in [2.24, 2.45) is 5.16 Å². The second-order valence-corrected chi connectivity index (χ2v) is 4.41. The zero-order valence-corrected chi connectivity index (χ0v) is 10.7. The lowest BCUT2D eigenvalue weighted by Gasteiger charge is -2.08. The van der Waals surface area contributed by atoms with Crippen LogP contribution in [0.3, 0.4) is 0 Å². The van der Waals surface area contributed by atoms with Gasteiger partial charge in [-0.1, -0.05) is 35.5 Å². The smallest absolute Gasteiger partial charge is 0.374 e. The second kappa shape index (κ2) is 5.61. The van der Waals surface area contributed by atoms with Crippen LogP contribution >= 0.6 is 0 Å². The monoisotopic (exact) mass is 271 g/mol. The van der Waals surface area contributed by atoms with Crippen molar-refractivity contribution in [1.29, 1.82) is 0 Å². The molecule has 2 aromatic rings. The van der Waals surface area contributed by atoms with Crippen LogP contribution in [0.1, 0.15) is 22.5 Å². The topological polar surface area (TPSA) is 61.0 Å². The highest BCUT2D eigenvalue weighted by Gasteiger charge is 2.24. The molecule has 0 radical (unpaired) electrons. The van der Waals surface area contributed by atoms with Crippen molar-refractivity contribution in [2.75, 3.05) is 6.61 Å². The van der Waals surface area contributed by atoms with E-state index in [4.69, 9.17) is 14.0 Å². The van der Waals surface area contributed by atoms with Gasteiger partial charge in [0.15, 0.2) is 6.10 Å². The quantitative estimate of drug-likeness (QED) is 0.802. The minimum atomic E-state index is -0.494. The zero-order valence-electron chi connectivity index (χ0n) is 10.7. The number of carbonyl (C=O) groups is 1. The van der Waals surface area contributed by atoms with Crippen LogP contribution in [-0.4, -0.2) is 24.4 Å². The molecule has 0 fully saturated rings. The standard InChI is InChI=1S/C15H13NO4/c17-15(14-7-4-8-18-14)19-10-12-9-13(16-20-12)11-5-2-1-3-6-11/h1-8,12H,9-10H2/t12-/m0/s1. The Bertz CT molecular complexity index is 604.